The summed E-state index contributed by atoms with van der Waals surface area (Å²) in [6.07, 6.45) is 2.68. The maximum absolute atomic E-state index is 5.83. The van der Waals surface area contributed by atoms with E-state index in [-0.39, 0.29) is 5.41 Å². The highest BCUT2D eigenvalue weighted by Gasteiger charge is 2.51. The van der Waals surface area contributed by atoms with Crippen molar-refractivity contribution in [2.45, 2.75) is 45.8 Å². The molecule has 1 saturated carbocycles. The van der Waals surface area contributed by atoms with Gasteiger partial charge in [0.1, 0.15) is 0 Å². The van der Waals surface area contributed by atoms with Crippen molar-refractivity contribution < 1.29 is 4.74 Å². The quantitative estimate of drug-likeness (QED) is 0.792. The molecule has 1 aromatic carbocycles. The average Bonchev–Trinajstić information content (AvgIpc) is 2.39. The fourth-order valence-corrected chi connectivity index (χ4v) is 3.08. The lowest BCUT2D eigenvalue weighted by Crippen LogP contribution is -2.59. The predicted molar refractivity (Wildman–Crippen MR) is 85.0 cm³/mol. The number of rotatable bonds is 5. The maximum Gasteiger partial charge on any atom is 0.0667 e. The Morgan fingerprint density at radius 2 is 2.00 bits per heavy atom. The Balaban J connectivity index is 2.00. The third kappa shape index (κ3) is 2.67. The minimum Gasteiger partial charge on any atom is -0.382 e. The van der Waals surface area contributed by atoms with Crippen LogP contribution in [0.15, 0.2) is 24.3 Å². The molecule has 0 saturated heterocycles. The summed E-state index contributed by atoms with van der Waals surface area (Å²) < 4.78 is 7.11. The van der Waals surface area contributed by atoms with E-state index < -0.39 is 0 Å². The van der Waals surface area contributed by atoms with Crippen LogP contribution in [0.1, 0.15) is 33.6 Å². The predicted octanol–water partition coefficient (Wildman–Crippen LogP) is 4.30. The van der Waals surface area contributed by atoms with Crippen molar-refractivity contribution in [2.75, 3.05) is 11.9 Å². The molecular weight excluding hydrogens is 337 g/mol. The van der Waals surface area contributed by atoms with E-state index in [0.29, 0.717) is 12.1 Å². The highest BCUT2D eigenvalue weighted by molar-refractivity contribution is 14.1. The molecule has 3 unspecified atom stereocenters. The van der Waals surface area contributed by atoms with Crippen molar-refractivity contribution in [2.24, 2.45) is 5.41 Å². The van der Waals surface area contributed by atoms with Gasteiger partial charge in [-0.2, -0.15) is 0 Å². The molecule has 0 amide bonds. The monoisotopic (exact) mass is 359 g/mol. The SMILES string of the molecule is CCOC1CC(Nc2ccc(I)cc2)C1(C)CC. The van der Waals surface area contributed by atoms with Crippen LogP contribution in [0, 0.1) is 8.99 Å². The van der Waals surface area contributed by atoms with Crippen molar-refractivity contribution in [3.05, 3.63) is 27.8 Å². The molecule has 2 rings (SSSR count). The minimum absolute atomic E-state index is 0.263. The van der Waals surface area contributed by atoms with Crippen LogP contribution in [-0.2, 0) is 4.74 Å². The molecule has 1 fully saturated rings. The fraction of sp³-hybridized carbons (Fsp3) is 0.600. The Labute approximate surface area is 124 Å². The first-order valence-electron chi connectivity index (χ1n) is 6.74. The van der Waals surface area contributed by atoms with Crippen molar-refractivity contribution in [3.63, 3.8) is 0 Å². The molecule has 18 heavy (non-hydrogen) atoms. The van der Waals surface area contributed by atoms with E-state index in [1.807, 2.05) is 0 Å². The first-order chi connectivity index (χ1) is 8.60. The minimum atomic E-state index is 0.263. The molecule has 1 N–H and O–H groups in total. The first kappa shape index (κ1) is 14.1. The van der Waals surface area contributed by atoms with Gasteiger partial charge in [0.05, 0.1) is 6.10 Å². The van der Waals surface area contributed by atoms with Gasteiger partial charge in [-0.15, -0.1) is 0 Å². The first-order valence-corrected chi connectivity index (χ1v) is 7.81. The van der Waals surface area contributed by atoms with Gasteiger partial charge in [-0.25, -0.2) is 0 Å². The lowest BCUT2D eigenvalue weighted by Gasteiger charge is -2.54. The van der Waals surface area contributed by atoms with Crippen LogP contribution in [0.3, 0.4) is 0 Å². The van der Waals surface area contributed by atoms with E-state index in [1.165, 1.54) is 9.26 Å². The summed E-state index contributed by atoms with van der Waals surface area (Å²) >= 11 is 2.33. The van der Waals surface area contributed by atoms with Crippen LogP contribution in [-0.4, -0.2) is 18.8 Å². The molecular formula is C15H22INO. The second-order valence-electron chi connectivity index (χ2n) is 5.24. The molecule has 100 valence electrons. The average molecular weight is 359 g/mol. The van der Waals surface area contributed by atoms with Crippen LogP contribution < -0.4 is 5.32 Å². The smallest absolute Gasteiger partial charge is 0.0667 e. The number of ether oxygens (including phenoxy) is 1. The van der Waals surface area contributed by atoms with E-state index in [0.717, 1.165) is 19.4 Å². The second kappa shape index (κ2) is 5.78. The van der Waals surface area contributed by atoms with Crippen LogP contribution in [0.2, 0.25) is 0 Å². The molecule has 2 nitrogen and oxygen atoms in total. The molecule has 0 spiro atoms. The summed E-state index contributed by atoms with van der Waals surface area (Å²) in [6.45, 7) is 7.49. The van der Waals surface area contributed by atoms with E-state index in [2.05, 4.69) is 72.9 Å². The number of anilines is 1. The summed E-state index contributed by atoms with van der Waals surface area (Å²) in [6, 6.07) is 9.13. The number of hydrogen-bond acceptors (Lipinski definition) is 2. The lowest BCUT2D eigenvalue weighted by molar-refractivity contribution is -0.109. The number of benzene rings is 1. The molecule has 1 aliphatic rings. The van der Waals surface area contributed by atoms with E-state index in [1.54, 1.807) is 0 Å². The zero-order valence-electron chi connectivity index (χ0n) is 11.4. The van der Waals surface area contributed by atoms with Crippen molar-refractivity contribution in [3.8, 4) is 0 Å². The van der Waals surface area contributed by atoms with Crippen molar-refractivity contribution >= 4 is 28.3 Å². The molecule has 1 aliphatic carbocycles. The molecule has 3 heteroatoms. The Hall–Kier alpha value is -0.290. The Morgan fingerprint density at radius 1 is 1.33 bits per heavy atom. The fourth-order valence-electron chi connectivity index (χ4n) is 2.72. The van der Waals surface area contributed by atoms with Gasteiger partial charge in [-0.1, -0.05) is 13.8 Å². The Bertz CT molecular complexity index is 392. The normalized spacial score (nSPS) is 30.9. The topological polar surface area (TPSA) is 21.3 Å². The number of nitrogens with one attached hydrogen (secondary N) is 1. The molecule has 0 aliphatic heterocycles. The molecule has 0 heterocycles. The largest absolute Gasteiger partial charge is 0.382 e. The van der Waals surface area contributed by atoms with E-state index in [9.17, 15) is 0 Å². The maximum atomic E-state index is 5.83. The van der Waals surface area contributed by atoms with Crippen molar-refractivity contribution in [1.82, 2.24) is 0 Å². The summed E-state index contributed by atoms with van der Waals surface area (Å²) in [4.78, 5) is 0. The van der Waals surface area contributed by atoms with E-state index in [4.69, 9.17) is 4.74 Å². The van der Waals surface area contributed by atoms with Crippen LogP contribution in [0.5, 0.6) is 0 Å². The third-order valence-corrected chi connectivity index (χ3v) is 5.02. The van der Waals surface area contributed by atoms with Crippen LogP contribution >= 0.6 is 22.6 Å². The van der Waals surface area contributed by atoms with Crippen LogP contribution in [0.4, 0.5) is 5.69 Å². The summed E-state index contributed by atoms with van der Waals surface area (Å²) in [7, 11) is 0. The Morgan fingerprint density at radius 3 is 2.56 bits per heavy atom. The molecule has 1 aromatic rings. The van der Waals surface area contributed by atoms with Gasteiger partial charge in [0, 0.05) is 27.3 Å². The zero-order valence-corrected chi connectivity index (χ0v) is 13.5. The van der Waals surface area contributed by atoms with Gasteiger partial charge >= 0.3 is 0 Å². The van der Waals surface area contributed by atoms with E-state index >= 15 is 0 Å². The van der Waals surface area contributed by atoms with Crippen LogP contribution in [0.25, 0.3) is 0 Å². The highest BCUT2D eigenvalue weighted by Crippen LogP contribution is 2.47. The van der Waals surface area contributed by atoms with Gasteiger partial charge in [-0.3, -0.25) is 0 Å². The van der Waals surface area contributed by atoms with Crippen molar-refractivity contribution in [1.29, 1.82) is 0 Å². The second-order valence-corrected chi connectivity index (χ2v) is 6.49. The number of halogens is 1. The molecule has 0 aromatic heterocycles. The molecule has 0 radical (unpaired) electrons. The standard InChI is InChI=1S/C15H22INO/c1-4-15(3)13(10-14(15)18-5-2)17-12-8-6-11(16)7-9-12/h6-9,13-14,17H,4-5,10H2,1-3H3. The lowest BCUT2D eigenvalue weighted by atomic mass is 9.61. The summed E-state index contributed by atoms with van der Waals surface area (Å²) in [5.41, 5.74) is 1.48. The zero-order chi connectivity index (χ0) is 13.2. The molecule has 3 atom stereocenters. The highest BCUT2D eigenvalue weighted by atomic mass is 127. The summed E-state index contributed by atoms with van der Waals surface area (Å²) in [5, 5.41) is 3.65. The summed E-state index contributed by atoms with van der Waals surface area (Å²) in [5.74, 6) is 0. The van der Waals surface area contributed by atoms with Gasteiger partial charge in [0.15, 0.2) is 0 Å². The molecule has 0 bridgehead atoms. The third-order valence-electron chi connectivity index (χ3n) is 4.30. The van der Waals surface area contributed by atoms with Gasteiger partial charge < -0.3 is 10.1 Å². The van der Waals surface area contributed by atoms with Gasteiger partial charge in [0.2, 0.25) is 0 Å². The van der Waals surface area contributed by atoms with Gasteiger partial charge in [0.25, 0.3) is 0 Å². The Kier molecular flexibility index (Phi) is 4.54. The number of hydrogen-bond donors (Lipinski definition) is 1. The van der Waals surface area contributed by atoms with Gasteiger partial charge in [-0.05, 0) is 66.6 Å².